The summed E-state index contributed by atoms with van der Waals surface area (Å²) in [5.74, 6) is -0.423. The van der Waals surface area contributed by atoms with E-state index < -0.39 is 31.0 Å². The number of sulfonamides is 2. The molecule has 0 saturated heterocycles. The van der Waals surface area contributed by atoms with Crippen LogP contribution in [0.25, 0.3) is 0 Å². The summed E-state index contributed by atoms with van der Waals surface area (Å²) in [4.78, 5) is 0. The largest absolute Gasteiger partial charge is 0.329 e. The van der Waals surface area contributed by atoms with E-state index in [2.05, 4.69) is 4.72 Å². The number of rotatable bonds is 7. The average Bonchev–Trinajstić information content (AvgIpc) is 2.02. The number of primary sulfonamides is 1. The second-order valence-electron chi connectivity index (χ2n) is 3.07. The van der Waals surface area contributed by atoms with Gasteiger partial charge in [-0.1, -0.05) is 6.92 Å². The maximum atomic E-state index is 11.5. The Morgan fingerprint density at radius 2 is 1.80 bits per heavy atom. The number of nitrogens with two attached hydrogens (primary N) is 2. The Morgan fingerprint density at radius 3 is 2.13 bits per heavy atom. The topological polar surface area (TPSA) is 132 Å². The number of hydrogen-bond donors (Lipinski definition) is 3. The van der Waals surface area contributed by atoms with Crippen molar-refractivity contribution in [3.63, 3.8) is 0 Å². The Hall–Kier alpha value is -0.220. The molecule has 0 aromatic rings. The highest BCUT2D eigenvalue weighted by Gasteiger charge is 2.21. The fourth-order valence-corrected chi connectivity index (χ4v) is 2.79. The molecule has 5 N–H and O–H groups in total. The van der Waals surface area contributed by atoms with Crippen molar-refractivity contribution in [2.45, 2.75) is 18.6 Å². The SMILES string of the molecule is CCC(CN)S(=O)(=O)NCCS(N)(=O)=O. The minimum Gasteiger partial charge on any atom is -0.329 e. The maximum absolute atomic E-state index is 11.5. The average molecular weight is 259 g/mol. The summed E-state index contributed by atoms with van der Waals surface area (Å²) in [6.07, 6.45) is 0.376. The molecule has 15 heavy (non-hydrogen) atoms. The van der Waals surface area contributed by atoms with Gasteiger partial charge >= 0.3 is 0 Å². The normalized spacial score (nSPS) is 15.1. The van der Waals surface area contributed by atoms with Gasteiger partial charge in [0.15, 0.2) is 0 Å². The smallest absolute Gasteiger partial charge is 0.215 e. The summed E-state index contributed by atoms with van der Waals surface area (Å²) in [6, 6.07) is 0. The van der Waals surface area contributed by atoms with E-state index in [1.807, 2.05) is 0 Å². The maximum Gasteiger partial charge on any atom is 0.215 e. The van der Waals surface area contributed by atoms with Crippen molar-refractivity contribution in [2.75, 3.05) is 18.8 Å². The molecule has 1 unspecified atom stereocenters. The predicted octanol–water partition coefficient (Wildman–Crippen LogP) is -2.07. The second kappa shape index (κ2) is 5.75. The highest BCUT2D eigenvalue weighted by molar-refractivity contribution is 7.90. The highest BCUT2D eigenvalue weighted by atomic mass is 32.2. The fraction of sp³-hybridized carbons (Fsp3) is 1.00. The van der Waals surface area contributed by atoms with Crippen LogP contribution in [0.4, 0.5) is 0 Å². The molecule has 0 rings (SSSR count). The predicted molar refractivity (Wildman–Crippen MR) is 58.0 cm³/mol. The minimum absolute atomic E-state index is 0.00120. The van der Waals surface area contributed by atoms with Crippen LogP contribution in [0.5, 0.6) is 0 Å². The van der Waals surface area contributed by atoms with Crippen LogP contribution in [0, 0.1) is 0 Å². The van der Waals surface area contributed by atoms with E-state index in [1.54, 1.807) is 6.92 Å². The molecule has 0 fully saturated rings. The molecular weight excluding hydrogens is 242 g/mol. The van der Waals surface area contributed by atoms with E-state index in [0.29, 0.717) is 6.42 Å². The van der Waals surface area contributed by atoms with Crippen LogP contribution in [0.2, 0.25) is 0 Å². The molecule has 0 aliphatic carbocycles. The van der Waals surface area contributed by atoms with Crippen LogP contribution in [-0.4, -0.2) is 40.9 Å². The third-order valence-corrected chi connectivity index (χ3v) is 4.63. The molecule has 9 heteroatoms. The highest BCUT2D eigenvalue weighted by Crippen LogP contribution is 2.01. The Morgan fingerprint density at radius 1 is 1.27 bits per heavy atom. The number of nitrogens with one attached hydrogen (secondary N) is 1. The van der Waals surface area contributed by atoms with E-state index in [0.717, 1.165) is 0 Å². The molecule has 0 aliphatic rings. The zero-order valence-corrected chi connectivity index (χ0v) is 10.1. The van der Waals surface area contributed by atoms with Crippen LogP contribution < -0.4 is 15.6 Å². The van der Waals surface area contributed by atoms with Crippen LogP contribution in [0.3, 0.4) is 0 Å². The van der Waals surface area contributed by atoms with Crippen molar-refractivity contribution in [1.29, 1.82) is 0 Å². The van der Waals surface area contributed by atoms with Gasteiger partial charge in [-0.2, -0.15) is 0 Å². The van der Waals surface area contributed by atoms with Gasteiger partial charge < -0.3 is 5.73 Å². The lowest BCUT2D eigenvalue weighted by molar-refractivity contribution is 0.562. The van der Waals surface area contributed by atoms with Gasteiger partial charge in [0, 0.05) is 13.1 Å². The molecule has 0 heterocycles. The van der Waals surface area contributed by atoms with Crippen molar-refractivity contribution in [3.8, 4) is 0 Å². The van der Waals surface area contributed by atoms with E-state index in [9.17, 15) is 16.8 Å². The van der Waals surface area contributed by atoms with Crippen molar-refractivity contribution in [2.24, 2.45) is 10.9 Å². The Labute approximate surface area is 90.3 Å². The van der Waals surface area contributed by atoms with Crippen molar-refractivity contribution >= 4 is 20.0 Å². The molecule has 0 spiro atoms. The van der Waals surface area contributed by atoms with E-state index >= 15 is 0 Å². The van der Waals surface area contributed by atoms with Gasteiger partial charge in [0.1, 0.15) is 0 Å². The van der Waals surface area contributed by atoms with Crippen LogP contribution in [0.15, 0.2) is 0 Å². The van der Waals surface area contributed by atoms with Gasteiger partial charge in [-0.3, -0.25) is 0 Å². The number of hydrogen-bond acceptors (Lipinski definition) is 5. The summed E-state index contributed by atoms with van der Waals surface area (Å²) in [7, 11) is -7.18. The van der Waals surface area contributed by atoms with Crippen LogP contribution in [0.1, 0.15) is 13.3 Å². The molecule has 0 aromatic heterocycles. The molecule has 7 nitrogen and oxygen atoms in total. The Balaban J connectivity index is 4.28. The third-order valence-electron chi connectivity index (χ3n) is 1.85. The first kappa shape index (κ1) is 14.8. The molecule has 0 amide bonds. The first-order chi connectivity index (χ1) is 6.73. The van der Waals surface area contributed by atoms with E-state index in [1.165, 1.54) is 0 Å². The van der Waals surface area contributed by atoms with Gasteiger partial charge in [0.2, 0.25) is 20.0 Å². The van der Waals surface area contributed by atoms with E-state index in [-0.39, 0.29) is 13.1 Å². The lowest BCUT2D eigenvalue weighted by atomic mass is 10.3. The lowest BCUT2D eigenvalue weighted by Crippen LogP contribution is -2.41. The van der Waals surface area contributed by atoms with Gasteiger partial charge in [-0.05, 0) is 6.42 Å². The quantitative estimate of drug-likeness (QED) is 0.483. The Bertz CT molecular complexity index is 371. The van der Waals surface area contributed by atoms with E-state index in [4.69, 9.17) is 10.9 Å². The standard InChI is InChI=1S/C6H17N3O4S2/c1-2-6(5-7)15(12,13)9-3-4-14(8,10)11/h6,9H,2-5,7H2,1H3,(H2,8,10,11). The van der Waals surface area contributed by atoms with Gasteiger partial charge in [0.25, 0.3) is 0 Å². The first-order valence-corrected chi connectivity index (χ1v) is 7.68. The molecule has 0 saturated carbocycles. The van der Waals surface area contributed by atoms with Crippen LogP contribution >= 0.6 is 0 Å². The summed E-state index contributed by atoms with van der Waals surface area (Å²) < 4.78 is 46.1. The molecule has 0 aromatic carbocycles. The van der Waals surface area contributed by atoms with Gasteiger partial charge in [0.05, 0.1) is 11.0 Å². The van der Waals surface area contributed by atoms with Crippen LogP contribution in [-0.2, 0) is 20.0 Å². The summed E-state index contributed by atoms with van der Waals surface area (Å²) in [5, 5.41) is 4.02. The first-order valence-electron chi connectivity index (χ1n) is 4.42. The summed E-state index contributed by atoms with van der Waals surface area (Å²) in [5.41, 5.74) is 5.26. The summed E-state index contributed by atoms with van der Waals surface area (Å²) in [6.45, 7) is 1.47. The molecule has 92 valence electrons. The second-order valence-corrected chi connectivity index (χ2v) is 6.85. The zero-order valence-electron chi connectivity index (χ0n) is 8.51. The molecule has 0 bridgehead atoms. The van der Waals surface area contributed by atoms with Crippen molar-refractivity contribution < 1.29 is 16.8 Å². The molecule has 0 aliphatic heterocycles. The van der Waals surface area contributed by atoms with Gasteiger partial charge in [-0.25, -0.2) is 26.7 Å². The summed E-state index contributed by atoms with van der Waals surface area (Å²) >= 11 is 0. The van der Waals surface area contributed by atoms with Crippen molar-refractivity contribution in [3.05, 3.63) is 0 Å². The monoisotopic (exact) mass is 259 g/mol. The van der Waals surface area contributed by atoms with Gasteiger partial charge in [-0.15, -0.1) is 0 Å². The fourth-order valence-electron chi connectivity index (χ4n) is 0.957. The molecule has 0 radical (unpaired) electrons. The Kier molecular flexibility index (Phi) is 5.67. The molecular formula is C6H17N3O4S2. The van der Waals surface area contributed by atoms with Crippen molar-refractivity contribution in [1.82, 2.24) is 4.72 Å². The lowest BCUT2D eigenvalue weighted by Gasteiger charge is -2.13. The zero-order chi connectivity index (χ0) is 12.1. The molecule has 1 atom stereocenters. The minimum atomic E-state index is -3.64. The third kappa shape index (κ3) is 6.05.